The molecule has 1 saturated heterocycles. The van der Waals surface area contributed by atoms with Crippen molar-refractivity contribution in [1.82, 2.24) is 0 Å². The second-order valence-electron chi connectivity index (χ2n) is 2.80. The van der Waals surface area contributed by atoms with Crippen LogP contribution in [0.2, 0.25) is 0 Å². The van der Waals surface area contributed by atoms with Gasteiger partial charge in [-0.3, -0.25) is 4.21 Å². The van der Waals surface area contributed by atoms with Crippen molar-refractivity contribution in [2.45, 2.75) is 37.2 Å². The number of rotatable bonds is 1. The van der Waals surface area contributed by atoms with Gasteiger partial charge in [-0.15, -0.1) is 0 Å². The maximum absolute atomic E-state index is 10.9. The second-order valence-corrected chi connectivity index (χ2v) is 5.01. The molecular weight excluding hydrogens is 120 g/mol. The predicted molar refractivity (Wildman–Crippen MR) is 36.3 cm³/mol. The zero-order chi connectivity index (χ0) is 6.36. The summed E-state index contributed by atoms with van der Waals surface area (Å²) in [5, 5.41) is 0.488. The van der Waals surface area contributed by atoms with Crippen LogP contribution in [0.5, 0.6) is 0 Å². The molecule has 0 aromatic carbocycles. The van der Waals surface area contributed by atoms with E-state index in [1.54, 1.807) is 0 Å². The molecule has 0 spiro atoms. The highest BCUT2D eigenvalue weighted by Gasteiger charge is 2.54. The summed E-state index contributed by atoms with van der Waals surface area (Å²) in [4.78, 5) is 0. The zero-order valence-electron chi connectivity index (χ0n) is 5.60. The van der Waals surface area contributed by atoms with Gasteiger partial charge in [0, 0.05) is 10.8 Å². The topological polar surface area (TPSA) is 17.1 Å². The maximum atomic E-state index is 10.9. The molecule has 0 bridgehead atoms. The molecule has 1 heterocycles. The van der Waals surface area contributed by atoms with E-state index in [1.807, 2.05) is 0 Å². The van der Waals surface area contributed by atoms with Gasteiger partial charge in [0.2, 0.25) is 0 Å². The summed E-state index contributed by atoms with van der Waals surface area (Å²) in [5.41, 5.74) is 0. The maximum Gasteiger partial charge on any atom is 0.0549 e. The first-order valence-electron chi connectivity index (χ1n) is 3.01. The summed E-state index contributed by atoms with van der Waals surface area (Å²) >= 11 is 0. The largest absolute Gasteiger partial charge is 0.259 e. The van der Waals surface area contributed by atoms with Crippen LogP contribution < -0.4 is 0 Å². The van der Waals surface area contributed by atoms with E-state index >= 15 is 0 Å². The molecule has 0 amide bonds. The molecule has 0 aromatic rings. The van der Waals surface area contributed by atoms with Crippen LogP contribution in [0.1, 0.15) is 27.2 Å². The molecular formula is C6H12OS. The predicted octanol–water partition coefficient (Wildman–Crippen LogP) is 1.31. The molecule has 0 aromatic heterocycles. The zero-order valence-corrected chi connectivity index (χ0v) is 6.42. The molecule has 0 saturated carbocycles. The third-order valence-electron chi connectivity index (χ3n) is 1.87. The van der Waals surface area contributed by atoms with Gasteiger partial charge in [-0.2, -0.15) is 0 Å². The lowest BCUT2D eigenvalue weighted by molar-refractivity contribution is 0.688. The lowest BCUT2D eigenvalue weighted by Gasteiger charge is -1.90. The van der Waals surface area contributed by atoms with Crippen molar-refractivity contribution in [3.63, 3.8) is 0 Å². The summed E-state index contributed by atoms with van der Waals surface area (Å²) < 4.78 is 11.0. The van der Waals surface area contributed by atoms with Crippen molar-refractivity contribution in [3.05, 3.63) is 0 Å². The van der Waals surface area contributed by atoms with Crippen LogP contribution in [0.15, 0.2) is 0 Å². The summed E-state index contributed by atoms with van der Waals surface area (Å²) in [6.07, 6.45) is 1.07. The van der Waals surface area contributed by atoms with Crippen molar-refractivity contribution in [3.8, 4) is 0 Å². The van der Waals surface area contributed by atoms with Crippen LogP contribution >= 0.6 is 0 Å². The van der Waals surface area contributed by atoms with Gasteiger partial charge in [-0.05, 0) is 20.3 Å². The monoisotopic (exact) mass is 132 g/mol. The third kappa shape index (κ3) is 0.625. The Labute approximate surface area is 52.9 Å². The van der Waals surface area contributed by atoms with E-state index in [2.05, 4.69) is 20.8 Å². The minimum Gasteiger partial charge on any atom is -0.259 e. The highest BCUT2D eigenvalue weighted by atomic mass is 32.2. The highest BCUT2D eigenvalue weighted by Crippen LogP contribution is 2.42. The van der Waals surface area contributed by atoms with Gasteiger partial charge in [0.1, 0.15) is 0 Å². The highest BCUT2D eigenvalue weighted by molar-refractivity contribution is 7.94. The Balaban J connectivity index is 2.58. The molecule has 0 radical (unpaired) electrons. The average molecular weight is 132 g/mol. The fourth-order valence-corrected chi connectivity index (χ4v) is 2.68. The summed E-state index contributed by atoms with van der Waals surface area (Å²) in [5.74, 6) is 0. The van der Waals surface area contributed by atoms with Crippen molar-refractivity contribution in [1.29, 1.82) is 0 Å². The first kappa shape index (κ1) is 6.27. The third-order valence-corrected chi connectivity index (χ3v) is 4.37. The van der Waals surface area contributed by atoms with Crippen LogP contribution in [0.25, 0.3) is 0 Å². The lowest BCUT2D eigenvalue weighted by atomic mass is 10.1. The molecule has 1 fully saturated rings. The average Bonchev–Trinajstić information content (AvgIpc) is 2.09. The van der Waals surface area contributed by atoms with E-state index in [0.29, 0.717) is 5.25 Å². The minimum atomic E-state index is -0.509. The summed E-state index contributed by atoms with van der Waals surface area (Å²) in [7, 11) is -0.509. The van der Waals surface area contributed by atoms with Crippen molar-refractivity contribution in [2.75, 3.05) is 0 Å². The molecule has 1 nitrogen and oxygen atoms in total. The van der Waals surface area contributed by atoms with E-state index in [-0.39, 0.29) is 4.75 Å². The molecule has 1 aliphatic heterocycles. The van der Waals surface area contributed by atoms with Gasteiger partial charge >= 0.3 is 0 Å². The molecule has 2 heteroatoms. The molecule has 2 atom stereocenters. The standard InChI is InChI=1S/C6H12OS/c1-4-5-6(2,3)8(5)7/h5H,4H2,1-3H3/t5-,8?/m0/s1. The number of hydrogen-bond acceptors (Lipinski definition) is 1. The Kier molecular flexibility index (Phi) is 1.23. The van der Waals surface area contributed by atoms with Crippen LogP contribution in [0, 0.1) is 0 Å². The molecule has 1 unspecified atom stereocenters. The van der Waals surface area contributed by atoms with Gasteiger partial charge in [0.25, 0.3) is 0 Å². The molecule has 8 heavy (non-hydrogen) atoms. The van der Waals surface area contributed by atoms with Crippen LogP contribution in [0.4, 0.5) is 0 Å². The first-order valence-corrected chi connectivity index (χ1v) is 4.22. The molecule has 1 rings (SSSR count). The first-order chi connectivity index (χ1) is 3.60. The Hall–Kier alpha value is 0.150. The number of hydrogen-bond donors (Lipinski definition) is 0. The molecule has 0 aliphatic carbocycles. The van der Waals surface area contributed by atoms with E-state index in [9.17, 15) is 4.21 Å². The normalized spacial score (nSPS) is 41.9. The SMILES string of the molecule is CC[C@@H]1S(=O)C1(C)C. The molecule has 0 N–H and O–H groups in total. The van der Waals surface area contributed by atoms with E-state index in [0.717, 1.165) is 6.42 Å². The van der Waals surface area contributed by atoms with Gasteiger partial charge < -0.3 is 0 Å². The lowest BCUT2D eigenvalue weighted by Crippen LogP contribution is -2.00. The van der Waals surface area contributed by atoms with Crippen molar-refractivity contribution >= 4 is 10.8 Å². The van der Waals surface area contributed by atoms with E-state index in [1.165, 1.54) is 0 Å². The Morgan fingerprint density at radius 2 is 2.00 bits per heavy atom. The van der Waals surface area contributed by atoms with Gasteiger partial charge in [0.15, 0.2) is 0 Å². The van der Waals surface area contributed by atoms with E-state index < -0.39 is 10.8 Å². The smallest absolute Gasteiger partial charge is 0.0549 e. The Morgan fingerprint density at radius 3 is 2.00 bits per heavy atom. The summed E-state index contributed by atoms with van der Waals surface area (Å²) in [6.45, 7) is 6.23. The van der Waals surface area contributed by atoms with Crippen LogP contribution in [0.3, 0.4) is 0 Å². The fraction of sp³-hybridized carbons (Fsp3) is 1.00. The fourth-order valence-electron chi connectivity index (χ4n) is 1.13. The Bertz CT molecular complexity index is 128. The van der Waals surface area contributed by atoms with E-state index in [4.69, 9.17) is 0 Å². The van der Waals surface area contributed by atoms with Crippen LogP contribution in [-0.2, 0) is 10.8 Å². The Morgan fingerprint density at radius 1 is 1.62 bits per heavy atom. The van der Waals surface area contributed by atoms with Gasteiger partial charge in [0.05, 0.1) is 10.00 Å². The molecule has 48 valence electrons. The second kappa shape index (κ2) is 1.56. The summed E-state index contributed by atoms with van der Waals surface area (Å²) in [6, 6.07) is 0. The van der Waals surface area contributed by atoms with Gasteiger partial charge in [-0.1, -0.05) is 6.92 Å². The minimum absolute atomic E-state index is 0.148. The molecule has 1 aliphatic rings. The van der Waals surface area contributed by atoms with Crippen LogP contribution in [-0.4, -0.2) is 14.2 Å². The van der Waals surface area contributed by atoms with Gasteiger partial charge in [-0.25, -0.2) is 0 Å². The van der Waals surface area contributed by atoms with Crippen molar-refractivity contribution in [2.24, 2.45) is 0 Å². The quantitative estimate of drug-likeness (QED) is 0.492. The van der Waals surface area contributed by atoms with Crippen molar-refractivity contribution < 1.29 is 4.21 Å².